The van der Waals surface area contributed by atoms with E-state index in [-0.39, 0.29) is 35.3 Å². The summed E-state index contributed by atoms with van der Waals surface area (Å²) in [5, 5.41) is 6.73. The Hall–Kier alpha value is -0.130. The number of nitrogens with zero attached hydrogens (tertiary/aromatic N) is 2. The first kappa shape index (κ1) is 24.9. The highest BCUT2D eigenvalue weighted by Gasteiger charge is 2.38. The third-order valence-electron chi connectivity index (χ3n) is 5.74. The van der Waals surface area contributed by atoms with Crippen LogP contribution < -0.4 is 15.4 Å². The molecule has 1 aliphatic carbocycles. The van der Waals surface area contributed by atoms with Crippen LogP contribution in [0.4, 0.5) is 0 Å². The molecule has 1 saturated carbocycles. The van der Waals surface area contributed by atoms with Crippen molar-refractivity contribution in [1.29, 1.82) is 0 Å². The molecule has 27 heavy (non-hydrogen) atoms. The Morgan fingerprint density at radius 3 is 2.22 bits per heavy atom. The van der Waals surface area contributed by atoms with Gasteiger partial charge in [-0.15, -0.1) is 24.0 Å². The molecule has 0 aromatic carbocycles. The second kappa shape index (κ2) is 12.4. The van der Waals surface area contributed by atoms with Gasteiger partial charge in [-0.1, -0.05) is 25.7 Å². The zero-order chi connectivity index (χ0) is 18.9. The van der Waals surface area contributed by atoms with Gasteiger partial charge in [0.2, 0.25) is 10.0 Å². The maximum atomic E-state index is 11.5. The van der Waals surface area contributed by atoms with Gasteiger partial charge in [0.15, 0.2) is 5.96 Å². The van der Waals surface area contributed by atoms with Crippen molar-refractivity contribution in [3.63, 3.8) is 0 Å². The smallest absolute Gasteiger partial charge is 0.211 e. The highest BCUT2D eigenvalue weighted by Crippen LogP contribution is 2.35. The van der Waals surface area contributed by atoms with Crippen molar-refractivity contribution in [1.82, 2.24) is 20.3 Å². The lowest BCUT2D eigenvalue weighted by Gasteiger charge is -2.48. The largest absolute Gasteiger partial charge is 0.355 e. The summed E-state index contributed by atoms with van der Waals surface area (Å²) < 4.78 is 25.5. The van der Waals surface area contributed by atoms with E-state index >= 15 is 0 Å². The Balaban J connectivity index is 0.00000364. The van der Waals surface area contributed by atoms with Crippen LogP contribution in [-0.4, -0.2) is 70.3 Å². The molecule has 0 amide bonds. The van der Waals surface area contributed by atoms with Crippen molar-refractivity contribution < 1.29 is 8.42 Å². The average molecular weight is 516 g/mol. The van der Waals surface area contributed by atoms with E-state index in [1.54, 1.807) is 14.0 Å². The van der Waals surface area contributed by atoms with Crippen molar-refractivity contribution in [3.05, 3.63) is 0 Å². The molecule has 0 atom stereocenters. The van der Waals surface area contributed by atoms with E-state index in [1.807, 2.05) is 0 Å². The Labute approximate surface area is 182 Å². The SMILES string of the molecule is CCS(=O)(=O)NCCNC(=NC)NCC1(N2CCCCC2)CCCCC1.I. The molecular formula is C18H38IN5O2S. The van der Waals surface area contributed by atoms with Gasteiger partial charge in [-0.05, 0) is 45.7 Å². The van der Waals surface area contributed by atoms with E-state index in [0.29, 0.717) is 13.1 Å². The predicted molar refractivity (Wildman–Crippen MR) is 123 cm³/mol. The van der Waals surface area contributed by atoms with Crippen molar-refractivity contribution in [2.75, 3.05) is 45.5 Å². The molecule has 2 rings (SSSR count). The number of hydrogen-bond acceptors (Lipinski definition) is 4. The third-order valence-corrected chi connectivity index (χ3v) is 7.14. The number of likely N-dealkylation sites (tertiary alicyclic amines) is 1. The molecule has 2 aliphatic rings. The highest BCUT2D eigenvalue weighted by molar-refractivity contribution is 14.0. The zero-order valence-electron chi connectivity index (χ0n) is 16.9. The Bertz CT molecular complexity index is 544. The molecule has 7 nitrogen and oxygen atoms in total. The summed E-state index contributed by atoms with van der Waals surface area (Å²) in [5.41, 5.74) is 0.250. The summed E-state index contributed by atoms with van der Waals surface area (Å²) >= 11 is 0. The number of piperidine rings is 1. The van der Waals surface area contributed by atoms with Crippen LogP contribution in [0.25, 0.3) is 0 Å². The lowest BCUT2D eigenvalue weighted by Crippen LogP contribution is -2.59. The third kappa shape index (κ3) is 8.02. The first-order chi connectivity index (χ1) is 12.5. The van der Waals surface area contributed by atoms with Gasteiger partial charge in [-0.3, -0.25) is 9.89 Å². The number of nitrogens with one attached hydrogen (secondary N) is 3. The average Bonchev–Trinajstić information content (AvgIpc) is 2.69. The zero-order valence-corrected chi connectivity index (χ0v) is 20.1. The molecule has 160 valence electrons. The summed E-state index contributed by atoms with van der Waals surface area (Å²) in [5.74, 6) is 0.862. The van der Waals surface area contributed by atoms with Crippen LogP contribution in [0, 0.1) is 0 Å². The van der Waals surface area contributed by atoms with Crippen molar-refractivity contribution >= 4 is 40.0 Å². The summed E-state index contributed by atoms with van der Waals surface area (Å²) in [7, 11) is -1.37. The standard InChI is InChI=1S/C18H37N5O2S.HI/c1-3-26(24,25)22-13-12-20-17(19-2)21-16-18(10-6-4-7-11-18)23-14-8-5-9-15-23;/h22H,3-16H2,1-2H3,(H2,19,20,21);1H. The second-order valence-electron chi connectivity index (χ2n) is 7.48. The van der Waals surface area contributed by atoms with Gasteiger partial charge in [-0.2, -0.15) is 0 Å². The van der Waals surface area contributed by atoms with E-state index in [9.17, 15) is 8.42 Å². The van der Waals surface area contributed by atoms with Gasteiger partial charge in [-0.25, -0.2) is 13.1 Å². The summed E-state index contributed by atoms with van der Waals surface area (Å²) in [6.07, 6.45) is 10.5. The Morgan fingerprint density at radius 2 is 1.63 bits per heavy atom. The molecule has 0 aromatic heterocycles. The summed E-state index contributed by atoms with van der Waals surface area (Å²) in [6.45, 7) is 5.87. The first-order valence-corrected chi connectivity index (χ1v) is 11.8. The topological polar surface area (TPSA) is 85.8 Å². The predicted octanol–water partition coefficient (Wildman–Crippen LogP) is 1.90. The number of rotatable bonds is 8. The molecule has 0 aromatic rings. The maximum Gasteiger partial charge on any atom is 0.211 e. The Kier molecular flexibility index (Phi) is 11.5. The van der Waals surface area contributed by atoms with Crippen molar-refractivity contribution in [3.8, 4) is 0 Å². The molecule has 1 saturated heterocycles. The maximum absolute atomic E-state index is 11.5. The van der Waals surface area contributed by atoms with Crippen LogP contribution in [0.1, 0.15) is 58.3 Å². The summed E-state index contributed by atoms with van der Waals surface area (Å²) in [6, 6.07) is 0. The fourth-order valence-electron chi connectivity index (χ4n) is 4.14. The van der Waals surface area contributed by atoms with Gasteiger partial charge >= 0.3 is 0 Å². The van der Waals surface area contributed by atoms with E-state index in [1.165, 1.54) is 64.5 Å². The van der Waals surface area contributed by atoms with Crippen LogP contribution >= 0.6 is 24.0 Å². The van der Waals surface area contributed by atoms with Crippen LogP contribution in [0.3, 0.4) is 0 Å². The van der Waals surface area contributed by atoms with Gasteiger partial charge < -0.3 is 10.6 Å². The van der Waals surface area contributed by atoms with Gasteiger partial charge in [0.1, 0.15) is 0 Å². The number of sulfonamides is 1. The molecule has 3 N–H and O–H groups in total. The number of hydrogen-bond donors (Lipinski definition) is 3. The molecule has 0 radical (unpaired) electrons. The van der Waals surface area contributed by atoms with Crippen molar-refractivity contribution in [2.45, 2.75) is 63.8 Å². The van der Waals surface area contributed by atoms with E-state index in [4.69, 9.17) is 0 Å². The van der Waals surface area contributed by atoms with E-state index in [2.05, 4.69) is 25.2 Å². The molecule has 0 bridgehead atoms. The minimum atomic E-state index is -3.13. The lowest BCUT2D eigenvalue weighted by atomic mass is 9.79. The van der Waals surface area contributed by atoms with Gasteiger partial charge in [0, 0.05) is 32.2 Å². The number of guanidine groups is 1. The van der Waals surface area contributed by atoms with Crippen LogP contribution in [0.5, 0.6) is 0 Å². The van der Waals surface area contributed by atoms with Crippen LogP contribution in [0.15, 0.2) is 4.99 Å². The van der Waals surface area contributed by atoms with Gasteiger partial charge in [0.25, 0.3) is 0 Å². The van der Waals surface area contributed by atoms with Gasteiger partial charge in [0.05, 0.1) is 5.75 Å². The molecular weight excluding hydrogens is 477 g/mol. The molecule has 0 unspecified atom stereocenters. The number of halogens is 1. The van der Waals surface area contributed by atoms with Crippen molar-refractivity contribution in [2.24, 2.45) is 4.99 Å². The molecule has 2 fully saturated rings. The highest BCUT2D eigenvalue weighted by atomic mass is 127. The molecule has 1 aliphatic heterocycles. The van der Waals surface area contributed by atoms with E-state index in [0.717, 1.165) is 12.5 Å². The monoisotopic (exact) mass is 515 g/mol. The Morgan fingerprint density at radius 1 is 1.00 bits per heavy atom. The van der Waals surface area contributed by atoms with Crippen LogP contribution in [-0.2, 0) is 10.0 Å². The lowest BCUT2D eigenvalue weighted by molar-refractivity contribution is 0.0368. The molecule has 1 heterocycles. The fraction of sp³-hybridized carbons (Fsp3) is 0.944. The fourth-order valence-corrected chi connectivity index (χ4v) is 4.76. The normalized spacial score (nSPS) is 21.3. The summed E-state index contributed by atoms with van der Waals surface area (Å²) in [4.78, 5) is 7.02. The second-order valence-corrected chi connectivity index (χ2v) is 9.58. The van der Waals surface area contributed by atoms with Crippen LogP contribution in [0.2, 0.25) is 0 Å². The van der Waals surface area contributed by atoms with E-state index < -0.39 is 10.0 Å². The molecule has 9 heteroatoms. The minimum absolute atomic E-state index is 0. The first-order valence-electron chi connectivity index (χ1n) is 10.2. The minimum Gasteiger partial charge on any atom is -0.355 e. The molecule has 0 spiro atoms. The number of aliphatic imine (C=N–C) groups is 1. The quantitative estimate of drug-likeness (QED) is 0.199.